The maximum absolute atomic E-state index is 5.82. The predicted molar refractivity (Wildman–Crippen MR) is 68.7 cm³/mol. The largest absolute Gasteiger partial charge is 0.493 e. The number of rotatable bonds is 6. The van der Waals surface area contributed by atoms with Crippen molar-refractivity contribution in [3.05, 3.63) is 28.2 Å². The Hall–Kier alpha value is -0.580. The predicted octanol–water partition coefficient (Wildman–Crippen LogP) is 2.88. The van der Waals surface area contributed by atoms with E-state index in [1.54, 1.807) is 7.11 Å². The normalized spacial score (nSPS) is 12.5. The van der Waals surface area contributed by atoms with Crippen LogP contribution in [0.3, 0.4) is 0 Å². The minimum Gasteiger partial charge on any atom is -0.493 e. The molecule has 0 fully saturated rings. The highest BCUT2D eigenvalue weighted by Gasteiger charge is 2.05. The molecule has 0 amide bonds. The van der Waals surface area contributed by atoms with E-state index in [4.69, 9.17) is 15.2 Å². The van der Waals surface area contributed by atoms with Gasteiger partial charge in [0.25, 0.3) is 0 Å². The molecule has 2 N–H and O–H groups in total. The lowest BCUT2D eigenvalue weighted by Crippen LogP contribution is -2.06. The van der Waals surface area contributed by atoms with E-state index >= 15 is 0 Å². The molecule has 0 saturated carbocycles. The molecule has 1 unspecified atom stereocenters. The van der Waals surface area contributed by atoms with Gasteiger partial charge in [-0.1, -0.05) is 22.0 Å². The van der Waals surface area contributed by atoms with Crippen molar-refractivity contribution < 1.29 is 9.47 Å². The van der Waals surface area contributed by atoms with Crippen molar-refractivity contribution in [2.75, 3.05) is 20.3 Å². The molecular formula is C12H18BrNO2. The number of methoxy groups -OCH3 is 1. The van der Waals surface area contributed by atoms with Crippen molar-refractivity contribution in [1.29, 1.82) is 0 Å². The first-order valence-corrected chi connectivity index (χ1v) is 6.11. The molecule has 0 aliphatic carbocycles. The van der Waals surface area contributed by atoms with Crippen LogP contribution in [0.5, 0.6) is 5.75 Å². The van der Waals surface area contributed by atoms with Crippen LogP contribution in [0.1, 0.15) is 24.9 Å². The Morgan fingerprint density at radius 1 is 1.38 bits per heavy atom. The second-order valence-electron chi connectivity index (χ2n) is 3.67. The van der Waals surface area contributed by atoms with Crippen molar-refractivity contribution in [2.24, 2.45) is 5.73 Å². The van der Waals surface area contributed by atoms with Gasteiger partial charge in [-0.15, -0.1) is 0 Å². The monoisotopic (exact) mass is 287 g/mol. The second kappa shape index (κ2) is 6.89. The number of benzene rings is 1. The third-order valence-electron chi connectivity index (χ3n) is 2.22. The van der Waals surface area contributed by atoms with E-state index in [0.717, 1.165) is 28.8 Å². The molecule has 3 nitrogen and oxygen atoms in total. The summed E-state index contributed by atoms with van der Waals surface area (Å²) in [6, 6.07) is 5.90. The van der Waals surface area contributed by atoms with Crippen LogP contribution in [-0.2, 0) is 4.74 Å². The highest BCUT2D eigenvalue weighted by molar-refractivity contribution is 9.10. The molecule has 1 atom stereocenters. The van der Waals surface area contributed by atoms with Crippen LogP contribution in [0.15, 0.2) is 22.7 Å². The van der Waals surface area contributed by atoms with Crippen LogP contribution in [0.25, 0.3) is 0 Å². The van der Waals surface area contributed by atoms with Crippen LogP contribution in [0.4, 0.5) is 0 Å². The van der Waals surface area contributed by atoms with Crippen molar-refractivity contribution >= 4 is 15.9 Å². The third-order valence-corrected chi connectivity index (χ3v) is 2.91. The fraction of sp³-hybridized carbons (Fsp3) is 0.500. The summed E-state index contributed by atoms with van der Waals surface area (Å²) in [5.41, 5.74) is 6.90. The molecule has 0 aliphatic heterocycles. The summed E-state index contributed by atoms with van der Waals surface area (Å²) in [4.78, 5) is 0. The van der Waals surface area contributed by atoms with Gasteiger partial charge in [-0.25, -0.2) is 0 Å². The first-order chi connectivity index (χ1) is 7.65. The Morgan fingerprint density at radius 3 is 2.69 bits per heavy atom. The molecule has 16 heavy (non-hydrogen) atoms. The highest BCUT2D eigenvalue weighted by atomic mass is 79.9. The molecule has 1 rings (SSSR count). The zero-order chi connectivity index (χ0) is 12.0. The van der Waals surface area contributed by atoms with Gasteiger partial charge < -0.3 is 15.2 Å². The van der Waals surface area contributed by atoms with E-state index in [-0.39, 0.29) is 6.04 Å². The molecule has 0 aliphatic rings. The van der Waals surface area contributed by atoms with Crippen LogP contribution in [0.2, 0.25) is 0 Å². The van der Waals surface area contributed by atoms with Crippen molar-refractivity contribution in [3.63, 3.8) is 0 Å². The number of halogens is 1. The second-order valence-corrected chi connectivity index (χ2v) is 4.52. The van der Waals surface area contributed by atoms with E-state index < -0.39 is 0 Å². The molecule has 0 radical (unpaired) electrons. The molecule has 1 aromatic carbocycles. The first-order valence-electron chi connectivity index (χ1n) is 5.32. The standard InChI is InChI=1S/C12H18BrNO2/c1-9(14)11-5-4-10(8-12(11)13)16-7-3-6-15-2/h4-5,8-9H,3,6-7,14H2,1-2H3. The Bertz CT molecular complexity index is 329. The van der Waals surface area contributed by atoms with Crippen molar-refractivity contribution in [1.82, 2.24) is 0 Å². The van der Waals surface area contributed by atoms with Gasteiger partial charge in [0, 0.05) is 30.7 Å². The SMILES string of the molecule is COCCCOc1ccc(C(C)N)c(Br)c1. The van der Waals surface area contributed by atoms with Gasteiger partial charge in [0.1, 0.15) is 5.75 Å². The van der Waals surface area contributed by atoms with Crippen LogP contribution >= 0.6 is 15.9 Å². The molecule has 0 saturated heterocycles. The Morgan fingerprint density at radius 2 is 2.12 bits per heavy atom. The molecule has 0 heterocycles. The van der Waals surface area contributed by atoms with Crippen LogP contribution in [0, 0.1) is 0 Å². The summed E-state index contributed by atoms with van der Waals surface area (Å²) >= 11 is 3.49. The van der Waals surface area contributed by atoms with E-state index in [1.165, 1.54) is 0 Å². The summed E-state index contributed by atoms with van der Waals surface area (Å²) < 4.78 is 11.5. The van der Waals surface area contributed by atoms with Crippen molar-refractivity contribution in [3.8, 4) is 5.75 Å². The fourth-order valence-electron chi connectivity index (χ4n) is 1.36. The molecule has 1 aromatic rings. The summed E-state index contributed by atoms with van der Waals surface area (Å²) in [6.07, 6.45) is 0.892. The average molecular weight is 288 g/mol. The first kappa shape index (κ1) is 13.5. The minimum absolute atomic E-state index is 0.0249. The van der Waals surface area contributed by atoms with Gasteiger partial charge in [-0.2, -0.15) is 0 Å². The maximum atomic E-state index is 5.82. The maximum Gasteiger partial charge on any atom is 0.120 e. The van der Waals surface area contributed by atoms with Gasteiger partial charge >= 0.3 is 0 Å². The molecule has 90 valence electrons. The average Bonchev–Trinajstić information content (AvgIpc) is 2.24. The summed E-state index contributed by atoms with van der Waals surface area (Å²) in [5, 5.41) is 0. The van der Waals surface area contributed by atoms with Gasteiger partial charge in [-0.05, 0) is 24.6 Å². The van der Waals surface area contributed by atoms with E-state index in [2.05, 4.69) is 15.9 Å². The Kier molecular flexibility index (Phi) is 5.80. The third kappa shape index (κ3) is 4.12. The minimum atomic E-state index is 0.0249. The fourth-order valence-corrected chi connectivity index (χ4v) is 2.08. The van der Waals surface area contributed by atoms with Gasteiger partial charge in [0.2, 0.25) is 0 Å². The molecule has 0 spiro atoms. The summed E-state index contributed by atoms with van der Waals surface area (Å²) in [7, 11) is 1.69. The lowest BCUT2D eigenvalue weighted by Gasteiger charge is -2.11. The topological polar surface area (TPSA) is 44.5 Å². The number of ether oxygens (including phenoxy) is 2. The molecule has 0 aromatic heterocycles. The Labute approximate surface area is 105 Å². The van der Waals surface area contributed by atoms with E-state index in [0.29, 0.717) is 6.61 Å². The molecular weight excluding hydrogens is 270 g/mol. The number of nitrogens with two attached hydrogens (primary N) is 1. The summed E-state index contributed by atoms with van der Waals surface area (Å²) in [6.45, 7) is 3.34. The Balaban J connectivity index is 2.53. The summed E-state index contributed by atoms with van der Waals surface area (Å²) in [5.74, 6) is 0.854. The van der Waals surface area contributed by atoms with E-state index in [9.17, 15) is 0 Å². The van der Waals surface area contributed by atoms with Crippen LogP contribution < -0.4 is 10.5 Å². The van der Waals surface area contributed by atoms with Gasteiger partial charge in [0.05, 0.1) is 6.61 Å². The highest BCUT2D eigenvalue weighted by Crippen LogP contribution is 2.26. The van der Waals surface area contributed by atoms with E-state index in [1.807, 2.05) is 25.1 Å². The quantitative estimate of drug-likeness (QED) is 0.819. The zero-order valence-corrected chi connectivity index (χ0v) is 11.3. The molecule has 4 heteroatoms. The lowest BCUT2D eigenvalue weighted by molar-refractivity contribution is 0.172. The zero-order valence-electron chi connectivity index (χ0n) is 9.70. The van der Waals surface area contributed by atoms with Crippen molar-refractivity contribution in [2.45, 2.75) is 19.4 Å². The number of hydrogen-bond acceptors (Lipinski definition) is 3. The smallest absolute Gasteiger partial charge is 0.120 e. The van der Waals surface area contributed by atoms with Crippen LogP contribution in [-0.4, -0.2) is 20.3 Å². The number of hydrogen-bond donors (Lipinski definition) is 1. The van der Waals surface area contributed by atoms with Gasteiger partial charge in [0.15, 0.2) is 0 Å². The lowest BCUT2D eigenvalue weighted by atomic mass is 10.1. The van der Waals surface area contributed by atoms with Gasteiger partial charge in [-0.3, -0.25) is 0 Å². The molecule has 0 bridgehead atoms.